The number of aromatic carboxylic acids is 1. The number of aliphatic imine (C=N–C) groups is 1. The maximum atomic E-state index is 11.8. The molecule has 2 heterocycles. The third-order valence-electron chi connectivity index (χ3n) is 11.1. The van der Waals surface area contributed by atoms with E-state index in [-0.39, 0.29) is 10.8 Å². The standard InChI is InChI=1S/C46H42N2O2/c1-45(2)39(47-37-25-21-29-11-6-8-15-35(29)42(37)45)27-23-31-13-10-14-32(41(31)33-17-19-34(20-18-33)44(49)50)24-28-40-46(3,4)43-36-16-9-7-12-30(36)22-26-38(43)48(40)5/h6-9,11-12,15-28H,10,13-14H2,1-5H3,(H,49,50)/b27-23+,32-24+,40-28+. The molecule has 5 aromatic rings. The van der Waals surface area contributed by atoms with E-state index < -0.39 is 5.97 Å². The Morgan fingerprint density at radius 2 is 1.40 bits per heavy atom. The van der Waals surface area contributed by atoms with Crippen LogP contribution in [0.2, 0.25) is 0 Å². The molecule has 4 nitrogen and oxygen atoms in total. The molecule has 1 N–H and O–H groups in total. The van der Waals surface area contributed by atoms with Crippen molar-refractivity contribution in [2.45, 2.75) is 57.8 Å². The minimum absolute atomic E-state index is 0.183. The van der Waals surface area contributed by atoms with E-state index in [1.54, 1.807) is 12.1 Å². The lowest BCUT2D eigenvalue weighted by Crippen LogP contribution is -2.24. The molecule has 2 aliphatic heterocycles. The van der Waals surface area contributed by atoms with Crippen molar-refractivity contribution in [3.8, 4) is 0 Å². The molecule has 4 heteroatoms. The van der Waals surface area contributed by atoms with Gasteiger partial charge in [0.05, 0.1) is 17.0 Å². The Hall–Kier alpha value is -5.48. The summed E-state index contributed by atoms with van der Waals surface area (Å²) < 4.78 is 0. The molecule has 50 heavy (non-hydrogen) atoms. The highest BCUT2D eigenvalue weighted by Crippen LogP contribution is 2.50. The average Bonchev–Trinajstić information content (AvgIpc) is 3.50. The monoisotopic (exact) mass is 654 g/mol. The van der Waals surface area contributed by atoms with Gasteiger partial charge < -0.3 is 10.0 Å². The molecule has 0 radical (unpaired) electrons. The van der Waals surface area contributed by atoms with Crippen LogP contribution in [0, 0.1) is 0 Å². The van der Waals surface area contributed by atoms with E-state index in [1.165, 1.54) is 60.8 Å². The predicted octanol–water partition coefficient (Wildman–Crippen LogP) is 11.5. The van der Waals surface area contributed by atoms with Gasteiger partial charge in [0.15, 0.2) is 0 Å². The van der Waals surface area contributed by atoms with Crippen molar-refractivity contribution in [1.29, 1.82) is 0 Å². The molecule has 0 saturated carbocycles. The van der Waals surface area contributed by atoms with Gasteiger partial charge in [0.1, 0.15) is 0 Å². The Labute approximate surface area is 294 Å². The van der Waals surface area contributed by atoms with Gasteiger partial charge in [-0.15, -0.1) is 0 Å². The summed E-state index contributed by atoms with van der Waals surface area (Å²) in [6.07, 6.45) is 12.0. The Balaban J connectivity index is 1.22. The number of carboxylic acids is 1. The summed E-state index contributed by atoms with van der Waals surface area (Å²) in [6, 6.07) is 33.4. The molecule has 0 aromatic heterocycles. The lowest BCUT2D eigenvalue weighted by Gasteiger charge is -2.26. The van der Waals surface area contributed by atoms with Crippen LogP contribution in [-0.2, 0) is 10.8 Å². The Morgan fingerprint density at radius 3 is 2.10 bits per heavy atom. The lowest BCUT2D eigenvalue weighted by molar-refractivity contribution is 0.0697. The first kappa shape index (κ1) is 31.8. The molecule has 0 amide bonds. The number of carbonyl (C=O) groups is 1. The fourth-order valence-electron chi connectivity index (χ4n) is 8.62. The topological polar surface area (TPSA) is 52.9 Å². The fraction of sp³-hybridized carbons (Fsp3) is 0.217. The van der Waals surface area contributed by atoms with Crippen molar-refractivity contribution in [1.82, 2.24) is 0 Å². The van der Waals surface area contributed by atoms with Crippen molar-refractivity contribution >= 4 is 50.2 Å². The number of hydrogen-bond donors (Lipinski definition) is 1. The summed E-state index contributed by atoms with van der Waals surface area (Å²) >= 11 is 0. The smallest absolute Gasteiger partial charge is 0.335 e. The Morgan fingerprint density at radius 1 is 0.740 bits per heavy atom. The molecule has 0 bridgehead atoms. The van der Waals surface area contributed by atoms with Crippen molar-refractivity contribution < 1.29 is 9.90 Å². The maximum Gasteiger partial charge on any atom is 0.335 e. The first-order valence-corrected chi connectivity index (χ1v) is 17.6. The molecule has 248 valence electrons. The van der Waals surface area contributed by atoms with Gasteiger partial charge in [-0.3, -0.25) is 4.99 Å². The number of benzene rings is 5. The number of carboxylic acid groups (broad SMARTS) is 1. The number of allylic oxidation sites excluding steroid dienone is 8. The quantitative estimate of drug-likeness (QED) is 0.205. The van der Waals surface area contributed by atoms with E-state index in [4.69, 9.17) is 4.99 Å². The van der Waals surface area contributed by atoms with Crippen LogP contribution in [0.1, 0.15) is 74.0 Å². The molecule has 0 saturated heterocycles. The normalized spacial score (nSPS) is 19.5. The summed E-state index contributed by atoms with van der Waals surface area (Å²) in [5.41, 5.74) is 11.8. The molecule has 0 fully saturated rings. The van der Waals surface area contributed by atoms with Crippen LogP contribution >= 0.6 is 0 Å². The molecule has 0 unspecified atom stereocenters. The Kier molecular flexibility index (Phi) is 7.52. The summed E-state index contributed by atoms with van der Waals surface area (Å²) in [5.74, 6) is -0.915. The number of rotatable bonds is 5. The van der Waals surface area contributed by atoms with Crippen LogP contribution in [0.5, 0.6) is 0 Å². The second-order valence-electron chi connectivity index (χ2n) is 14.9. The van der Waals surface area contributed by atoms with Gasteiger partial charge in [0.2, 0.25) is 0 Å². The highest BCUT2D eigenvalue weighted by atomic mass is 16.4. The van der Waals surface area contributed by atoms with Crippen molar-refractivity contribution in [2.75, 3.05) is 11.9 Å². The van der Waals surface area contributed by atoms with Gasteiger partial charge in [-0.25, -0.2) is 4.79 Å². The molecule has 1 aliphatic carbocycles. The van der Waals surface area contributed by atoms with Gasteiger partial charge in [0, 0.05) is 29.3 Å². The van der Waals surface area contributed by atoms with Gasteiger partial charge in [-0.1, -0.05) is 113 Å². The van der Waals surface area contributed by atoms with Crippen LogP contribution in [0.15, 0.2) is 143 Å². The van der Waals surface area contributed by atoms with E-state index >= 15 is 0 Å². The number of anilines is 1. The Bertz CT molecular complexity index is 2380. The molecule has 8 rings (SSSR count). The largest absolute Gasteiger partial charge is 0.478 e. The maximum absolute atomic E-state index is 11.8. The third-order valence-corrected chi connectivity index (χ3v) is 11.1. The molecule has 0 atom stereocenters. The average molecular weight is 655 g/mol. The molecular formula is C46H42N2O2. The summed E-state index contributed by atoms with van der Waals surface area (Å²) in [7, 11) is 2.18. The van der Waals surface area contributed by atoms with E-state index in [1.807, 2.05) is 12.1 Å². The highest BCUT2D eigenvalue weighted by molar-refractivity contribution is 6.12. The van der Waals surface area contributed by atoms with Crippen molar-refractivity contribution in [3.05, 3.63) is 160 Å². The van der Waals surface area contributed by atoms with Crippen LogP contribution in [0.3, 0.4) is 0 Å². The van der Waals surface area contributed by atoms with E-state index in [2.05, 4.69) is 137 Å². The lowest BCUT2D eigenvalue weighted by atomic mass is 9.78. The summed E-state index contributed by atoms with van der Waals surface area (Å²) in [4.78, 5) is 19.3. The zero-order valence-electron chi connectivity index (χ0n) is 29.4. The van der Waals surface area contributed by atoms with Gasteiger partial charge in [0.25, 0.3) is 0 Å². The van der Waals surface area contributed by atoms with E-state index in [0.717, 1.165) is 36.2 Å². The van der Waals surface area contributed by atoms with Gasteiger partial charge in [-0.2, -0.15) is 0 Å². The second kappa shape index (κ2) is 11.8. The zero-order valence-corrected chi connectivity index (χ0v) is 29.4. The summed E-state index contributed by atoms with van der Waals surface area (Å²) in [5, 5.41) is 14.7. The molecular weight excluding hydrogens is 613 g/mol. The first-order chi connectivity index (χ1) is 24.1. The molecule has 3 aliphatic rings. The first-order valence-electron chi connectivity index (χ1n) is 17.6. The van der Waals surface area contributed by atoms with Crippen LogP contribution < -0.4 is 4.90 Å². The van der Waals surface area contributed by atoms with E-state index in [9.17, 15) is 9.90 Å². The van der Waals surface area contributed by atoms with Crippen LogP contribution in [0.4, 0.5) is 11.4 Å². The zero-order chi connectivity index (χ0) is 34.8. The fourth-order valence-corrected chi connectivity index (χ4v) is 8.62. The minimum atomic E-state index is -0.915. The van der Waals surface area contributed by atoms with Gasteiger partial charge in [-0.05, 0) is 111 Å². The predicted molar refractivity (Wildman–Crippen MR) is 209 cm³/mol. The van der Waals surface area contributed by atoms with Crippen LogP contribution in [0.25, 0.3) is 27.1 Å². The SMILES string of the molecule is CN1/C(=C/C=C2\CCCC(/C=C/C3=Nc4ccc5ccccc5c4C3(C)C)=C2c2ccc(C(=O)O)cc2)C(C)(C)c2c1ccc1ccccc21. The molecule has 5 aromatic carbocycles. The minimum Gasteiger partial charge on any atom is -0.478 e. The number of fused-ring (bicyclic) bond motifs is 6. The number of hydrogen-bond acceptors (Lipinski definition) is 3. The third kappa shape index (κ3) is 5.05. The van der Waals surface area contributed by atoms with Crippen molar-refractivity contribution in [3.63, 3.8) is 0 Å². The summed E-state index contributed by atoms with van der Waals surface area (Å²) in [6.45, 7) is 9.20. The van der Waals surface area contributed by atoms with Crippen molar-refractivity contribution in [2.24, 2.45) is 4.99 Å². The van der Waals surface area contributed by atoms with Crippen LogP contribution in [-0.4, -0.2) is 23.8 Å². The number of likely N-dealkylation sites (N-methyl/N-ethyl adjacent to an activating group) is 1. The van der Waals surface area contributed by atoms with Gasteiger partial charge >= 0.3 is 5.97 Å². The van der Waals surface area contributed by atoms with E-state index in [0.29, 0.717) is 5.56 Å². The second-order valence-corrected chi connectivity index (χ2v) is 14.9. The highest BCUT2D eigenvalue weighted by Gasteiger charge is 2.40. The number of nitrogens with zero attached hydrogens (tertiary/aromatic N) is 2. The molecule has 0 spiro atoms.